The third kappa shape index (κ3) is 4.01. The number of aromatic nitrogens is 3. The van der Waals surface area contributed by atoms with Gasteiger partial charge in [0.15, 0.2) is 11.6 Å². The number of carbonyl (C=O) groups excluding carboxylic acids is 2. The molecule has 182 valence electrons. The number of amides is 1. The number of nitrogens with one attached hydrogen (secondary N) is 1. The highest BCUT2D eigenvalue weighted by atomic mass is 16.5. The molecule has 4 aliphatic carbocycles. The lowest BCUT2D eigenvalue weighted by atomic mass is 9.49. The molecule has 4 bridgehead atoms. The van der Waals surface area contributed by atoms with Crippen LogP contribution in [-0.2, 0) is 9.53 Å². The average Bonchev–Trinajstić information content (AvgIpc) is 3.21. The van der Waals surface area contributed by atoms with Crippen molar-refractivity contribution in [1.29, 1.82) is 0 Å². The van der Waals surface area contributed by atoms with Crippen LogP contribution in [0.25, 0.3) is 16.7 Å². The first kappa shape index (κ1) is 22.3. The molecule has 0 aliphatic heterocycles. The van der Waals surface area contributed by atoms with Crippen molar-refractivity contribution in [1.82, 2.24) is 14.8 Å². The van der Waals surface area contributed by atoms with Gasteiger partial charge in [-0.15, -0.1) is 0 Å². The fraction of sp³-hybridized carbons (Fsp3) is 0.500. The largest absolute Gasteiger partial charge is 0.462 e. The van der Waals surface area contributed by atoms with E-state index in [0.29, 0.717) is 18.1 Å². The summed E-state index contributed by atoms with van der Waals surface area (Å²) in [6.45, 7) is 4.04. The summed E-state index contributed by atoms with van der Waals surface area (Å²) in [5, 5.41) is 8.57. The Hall–Kier alpha value is -3.22. The molecule has 3 aromatic rings. The van der Waals surface area contributed by atoms with Crippen molar-refractivity contribution < 1.29 is 14.3 Å². The molecule has 0 radical (unpaired) electrons. The first-order valence-electron chi connectivity index (χ1n) is 12.8. The molecule has 7 heteroatoms. The Morgan fingerprint density at radius 3 is 2.49 bits per heavy atom. The Morgan fingerprint density at radius 2 is 1.80 bits per heavy atom. The molecule has 0 atom stereocenters. The average molecular weight is 473 g/mol. The van der Waals surface area contributed by atoms with Crippen LogP contribution in [-0.4, -0.2) is 33.2 Å². The molecular formula is C28H32N4O3. The van der Waals surface area contributed by atoms with Crippen LogP contribution in [0.1, 0.15) is 67.8 Å². The first-order chi connectivity index (χ1) is 16.9. The maximum absolute atomic E-state index is 13.5. The van der Waals surface area contributed by atoms with Gasteiger partial charge in [-0.05, 0) is 93.2 Å². The molecule has 0 saturated heterocycles. The molecule has 0 unspecified atom stereocenters. The fourth-order valence-electron chi connectivity index (χ4n) is 7.46. The van der Waals surface area contributed by atoms with Gasteiger partial charge in [-0.1, -0.05) is 18.2 Å². The molecular weight excluding hydrogens is 440 g/mol. The molecule has 7 rings (SSSR count). The quantitative estimate of drug-likeness (QED) is 0.482. The van der Waals surface area contributed by atoms with E-state index in [1.165, 1.54) is 25.5 Å². The summed E-state index contributed by atoms with van der Waals surface area (Å²) < 4.78 is 6.82. The number of esters is 1. The number of rotatable bonds is 6. The van der Waals surface area contributed by atoms with Crippen LogP contribution in [0.15, 0.2) is 36.5 Å². The predicted octanol–water partition coefficient (Wildman–Crippen LogP) is 5.45. The molecule has 4 aliphatic rings. The number of anilines is 1. The van der Waals surface area contributed by atoms with Crippen molar-refractivity contribution >= 4 is 28.6 Å². The lowest BCUT2D eigenvalue weighted by Gasteiger charge is -2.56. The molecule has 0 spiro atoms. The second kappa shape index (κ2) is 8.47. The normalized spacial score (nSPS) is 26.7. The lowest BCUT2D eigenvalue weighted by Crippen LogP contribution is -2.47. The van der Waals surface area contributed by atoms with Gasteiger partial charge in [0.05, 0.1) is 18.3 Å². The Bertz CT molecular complexity index is 1280. The maximum atomic E-state index is 13.5. The molecule has 1 amide bonds. The highest BCUT2D eigenvalue weighted by Crippen LogP contribution is 2.61. The molecule has 2 aromatic heterocycles. The summed E-state index contributed by atoms with van der Waals surface area (Å²) in [7, 11) is 0. The number of para-hydroxylation sites is 1. The van der Waals surface area contributed by atoms with E-state index in [-0.39, 0.29) is 23.5 Å². The number of carbonyl (C=O) groups is 2. The third-order valence-corrected chi connectivity index (χ3v) is 8.35. The van der Waals surface area contributed by atoms with Gasteiger partial charge >= 0.3 is 5.97 Å². The van der Waals surface area contributed by atoms with Gasteiger partial charge in [0.25, 0.3) is 0 Å². The summed E-state index contributed by atoms with van der Waals surface area (Å²) in [5.74, 6) is 2.67. The van der Waals surface area contributed by atoms with E-state index in [0.717, 1.165) is 53.5 Å². The van der Waals surface area contributed by atoms with Crippen LogP contribution in [0.3, 0.4) is 0 Å². The minimum Gasteiger partial charge on any atom is -0.462 e. The van der Waals surface area contributed by atoms with E-state index >= 15 is 0 Å². The number of hydrogen-bond acceptors (Lipinski definition) is 5. The summed E-state index contributed by atoms with van der Waals surface area (Å²) in [6.07, 6.45) is 9.44. The van der Waals surface area contributed by atoms with E-state index < -0.39 is 5.97 Å². The van der Waals surface area contributed by atoms with Gasteiger partial charge < -0.3 is 10.1 Å². The van der Waals surface area contributed by atoms with Crippen molar-refractivity contribution in [3.63, 3.8) is 0 Å². The molecule has 1 aromatic carbocycles. The van der Waals surface area contributed by atoms with E-state index in [9.17, 15) is 9.59 Å². The van der Waals surface area contributed by atoms with Crippen molar-refractivity contribution in [3.8, 4) is 5.82 Å². The van der Waals surface area contributed by atoms with E-state index in [1.807, 2.05) is 37.3 Å². The number of ether oxygens (including phenoxy) is 1. The zero-order valence-electron chi connectivity index (χ0n) is 20.4. The monoisotopic (exact) mass is 472 g/mol. The molecule has 1 N–H and O–H groups in total. The van der Waals surface area contributed by atoms with Gasteiger partial charge in [0, 0.05) is 11.8 Å². The topological polar surface area (TPSA) is 86.1 Å². The Labute approximate surface area is 205 Å². The maximum Gasteiger partial charge on any atom is 0.343 e. The summed E-state index contributed by atoms with van der Waals surface area (Å²) in [6, 6.07) is 9.84. The minimum atomic E-state index is -0.499. The van der Waals surface area contributed by atoms with Crippen molar-refractivity contribution in [2.75, 3.05) is 11.9 Å². The predicted molar refractivity (Wildman–Crippen MR) is 133 cm³/mol. The van der Waals surface area contributed by atoms with Crippen LogP contribution < -0.4 is 5.32 Å². The van der Waals surface area contributed by atoms with Gasteiger partial charge in [-0.2, -0.15) is 9.78 Å². The van der Waals surface area contributed by atoms with E-state index in [2.05, 4.69) is 10.4 Å². The zero-order chi connectivity index (χ0) is 24.2. The molecule has 2 heterocycles. The molecule has 35 heavy (non-hydrogen) atoms. The zero-order valence-corrected chi connectivity index (χ0v) is 20.4. The second-order valence-corrected chi connectivity index (χ2v) is 11.0. The van der Waals surface area contributed by atoms with Crippen LogP contribution in [0.5, 0.6) is 0 Å². The highest BCUT2D eigenvalue weighted by Gasteiger charge is 2.51. The van der Waals surface area contributed by atoms with Crippen molar-refractivity contribution in [2.24, 2.45) is 23.2 Å². The van der Waals surface area contributed by atoms with Gasteiger partial charge in [-0.25, -0.2) is 9.78 Å². The smallest absolute Gasteiger partial charge is 0.343 e. The first-order valence-corrected chi connectivity index (χ1v) is 12.8. The molecule has 4 saturated carbocycles. The summed E-state index contributed by atoms with van der Waals surface area (Å²) in [5.41, 5.74) is 2.23. The van der Waals surface area contributed by atoms with Crippen LogP contribution in [0.4, 0.5) is 5.82 Å². The van der Waals surface area contributed by atoms with Gasteiger partial charge in [0.2, 0.25) is 5.91 Å². The Balaban J connectivity index is 1.33. The number of pyridine rings is 1. The van der Waals surface area contributed by atoms with Crippen LogP contribution in [0.2, 0.25) is 0 Å². The molecule has 7 nitrogen and oxygen atoms in total. The standard InChI is InChI=1S/C28H32N4O3/c1-3-35-27(34)22-16-29-32(24-8-17(2)21-6-4-5-7-23(21)30-24)26(22)31-25(33)15-28-12-18-9-19(13-28)11-20(10-18)14-28/h4-8,16,18-20H,3,9-15H2,1-2H3,(H,31,33). The Morgan fingerprint density at radius 1 is 1.11 bits per heavy atom. The second-order valence-electron chi connectivity index (χ2n) is 11.0. The van der Waals surface area contributed by atoms with Crippen molar-refractivity contribution in [2.45, 2.75) is 58.8 Å². The number of fused-ring (bicyclic) bond motifs is 1. The number of benzene rings is 1. The van der Waals surface area contributed by atoms with Gasteiger partial charge in [-0.3, -0.25) is 4.79 Å². The third-order valence-electron chi connectivity index (χ3n) is 8.35. The highest BCUT2D eigenvalue weighted by molar-refractivity contribution is 6.00. The van der Waals surface area contributed by atoms with Crippen LogP contribution >= 0.6 is 0 Å². The SMILES string of the molecule is CCOC(=O)c1cnn(-c2cc(C)c3ccccc3n2)c1NC(=O)CC12CC3CC(CC(C3)C1)C2. The van der Waals surface area contributed by atoms with Gasteiger partial charge in [0.1, 0.15) is 5.56 Å². The van der Waals surface area contributed by atoms with Crippen molar-refractivity contribution in [3.05, 3.63) is 47.7 Å². The number of nitrogens with zero attached hydrogens (tertiary/aromatic N) is 3. The minimum absolute atomic E-state index is 0.0586. The van der Waals surface area contributed by atoms with E-state index in [4.69, 9.17) is 9.72 Å². The fourth-order valence-corrected chi connectivity index (χ4v) is 7.46. The van der Waals surface area contributed by atoms with E-state index in [1.54, 1.807) is 11.6 Å². The lowest BCUT2D eigenvalue weighted by molar-refractivity contribution is -0.124. The number of aryl methyl sites for hydroxylation is 1. The number of hydrogen-bond donors (Lipinski definition) is 1. The summed E-state index contributed by atoms with van der Waals surface area (Å²) >= 11 is 0. The molecule has 4 fully saturated rings. The summed E-state index contributed by atoms with van der Waals surface area (Å²) in [4.78, 5) is 31.0. The Kier molecular flexibility index (Phi) is 5.38. The van der Waals surface area contributed by atoms with Crippen LogP contribution in [0, 0.1) is 30.1 Å².